The maximum atomic E-state index is 10.9. The first-order chi connectivity index (χ1) is 11.1. The fourth-order valence-corrected chi connectivity index (χ4v) is 2.89. The van der Waals surface area contributed by atoms with E-state index < -0.39 is 11.9 Å². The van der Waals surface area contributed by atoms with Crippen molar-refractivity contribution < 1.29 is 14.6 Å². The molecule has 0 aromatic heterocycles. The SMILES string of the molecule is CC(C(=O)O)c1cccc2ccccc12.CCC1CCCCO1. The number of carboxylic acids is 1. The number of carboxylic acid groups (broad SMARTS) is 1. The van der Waals surface area contributed by atoms with Crippen molar-refractivity contribution in [1.29, 1.82) is 0 Å². The van der Waals surface area contributed by atoms with Crippen LogP contribution in [0.1, 0.15) is 51.0 Å². The van der Waals surface area contributed by atoms with Gasteiger partial charge in [-0.25, -0.2) is 0 Å². The van der Waals surface area contributed by atoms with E-state index >= 15 is 0 Å². The predicted octanol–water partition coefficient (Wildman–Crippen LogP) is 4.99. The Kier molecular flexibility index (Phi) is 6.60. The van der Waals surface area contributed by atoms with Gasteiger partial charge < -0.3 is 9.84 Å². The lowest BCUT2D eigenvalue weighted by Crippen LogP contribution is -2.17. The number of hydrogen-bond acceptors (Lipinski definition) is 2. The number of benzene rings is 2. The highest BCUT2D eigenvalue weighted by atomic mass is 16.5. The summed E-state index contributed by atoms with van der Waals surface area (Å²) in [6.07, 6.45) is 5.72. The van der Waals surface area contributed by atoms with Gasteiger partial charge >= 0.3 is 5.97 Å². The molecular weight excluding hydrogens is 288 g/mol. The minimum atomic E-state index is -0.786. The van der Waals surface area contributed by atoms with Crippen molar-refractivity contribution in [1.82, 2.24) is 0 Å². The van der Waals surface area contributed by atoms with Crippen LogP contribution in [0.5, 0.6) is 0 Å². The highest BCUT2D eigenvalue weighted by molar-refractivity contribution is 5.90. The number of carbonyl (C=O) groups is 1. The van der Waals surface area contributed by atoms with E-state index in [0.717, 1.165) is 22.9 Å². The average molecular weight is 314 g/mol. The van der Waals surface area contributed by atoms with Gasteiger partial charge in [0.2, 0.25) is 0 Å². The van der Waals surface area contributed by atoms with Gasteiger partial charge in [0.15, 0.2) is 0 Å². The maximum Gasteiger partial charge on any atom is 0.310 e. The smallest absolute Gasteiger partial charge is 0.310 e. The maximum absolute atomic E-state index is 10.9. The van der Waals surface area contributed by atoms with Gasteiger partial charge in [0.25, 0.3) is 0 Å². The van der Waals surface area contributed by atoms with Crippen LogP contribution in [0.15, 0.2) is 42.5 Å². The third-order valence-electron chi connectivity index (χ3n) is 4.39. The Labute approximate surface area is 138 Å². The molecule has 3 rings (SSSR count). The molecule has 1 aliphatic heterocycles. The Hall–Kier alpha value is -1.87. The summed E-state index contributed by atoms with van der Waals surface area (Å²) < 4.78 is 5.43. The summed E-state index contributed by atoms with van der Waals surface area (Å²) in [6.45, 7) is 4.90. The summed E-state index contributed by atoms with van der Waals surface area (Å²) >= 11 is 0. The standard InChI is InChI=1S/C13H12O2.C7H14O/c1-9(13(14)15)11-8-4-6-10-5-2-3-7-12(10)11;1-2-7-5-3-4-6-8-7/h2-9H,1H3,(H,14,15);7H,2-6H2,1H3. The first-order valence-corrected chi connectivity index (χ1v) is 8.45. The minimum Gasteiger partial charge on any atom is -0.481 e. The van der Waals surface area contributed by atoms with E-state index in [2.05, 4.69) is 6.92 Å². The molecule has 0 bridgehead atoms. The summed E-state index contributed by atoms with van der Waals surface area (Å²) in [5.74, 6) is -1.25. The molecule has 2 unspecified atom stereocenters. The third kappa shape index (κ3) is 4.80. The first-order valence-electron chi connectivity index (χ1n) is 8.45. The van der Waals surface area contributed by atoms with Gasteiger partial charge in [-0.2, -0.15) is 0 Å². The normalized spacial score (nSPS) is 18.8. The van der Waals surface area contributed by atoms with Gasteiger partial charge in [0.05, 0.1) is 12.0 Å². The van der Waals surface area contributed by atoms with Gasteiger partial charge in [-0.15, -0.1) is 0 Å². The molecule has 1 saturated heterocycles. The Morgan fingerprint density at radius 2 is 1.96 bits per heavy atom. The summed E-state index contributed by atoms with van der Waals surface area (Å²) in [7, 11) is 0. The monoisotopic (exact) mass is 314 g/mol. The van der Waals surface area contributed by atoms with Gasteiger partial charge in [-0.05, 0) is 48.9 Å². The van der Waals surface area contributed by atoms with Gasteiger partial charge in [-0.1, -0.05) is 49.4 Å². The number of rotatable bonds is 3. The molecule has 0 saturated carbocycles. The zero-order valence-corrected chi connectivity index (χ0v) is 14.0. The van der Waals surface area contributed by atoms with Crippen molar-refractivity contribution >= 4 is 16.7 Å². The molecule has 2 aromatic rings. The van der Waals surface area contributed by atoms with Crippen LogP contribution >= 0.6 is 0 Å². The molecule has 1 fully saturated rings. The summed E-state index contributed by atoms with van der Waals surface area (Å²) in [5.41, 5.74) is 0.876. The minimum absolute atomic E-state index is 0.462. The second kappa shape index (κ2) is 8.68. The van der Waals surface area contributed by atoms with E-state index in [4.69, 9.17) is 9.84 Å². The van der Waals surface area contributed by atoms with Gasteiger partial charge in [0, 0.05) is 6.61 Å². The van der Waals surface area contributed by atoms with Crippen molar-refractivity contribution in [3.8, 4) is 0 Å². The van der Waals surface area contributed by atoms with E-state index in [0.29, 0.717) is 6.10 Å². The number of hydrogen-bond donors (Lipinski definition) is 1. The topological polar surface area (TPSA) is 46.5 Å². The van der Waals surface area contributed by atoms with E-state index in [9.17, 15) is 4.79 Å². The van der Waals surface area contributed by atoms with Crippen LogP contribution in [0.2, 0.25) is 0 Å². The lowest BCUT2D eigenvalue weighted by Gasteiger charge is -2.20. The second-order valence-corrected chi connectivity index (χ2v) is 6.03. The molecule has 1 heterocycles. The molecule has 3 heteroatoms. The van der Waals surface area contributed by atoms with Crippen molar-refractivity contribution in [2.24, 2.45) is 0 Å². The van der Waals surface area contributed by atoms with Gasteiger partial charge in [0.1, 0.15) is 0 Å². The largest absolute Gasteiger partial charge is 0.481 e. The molecule has 23 heavy (non-hydrogen) atoms. The molecule has 0 radical (unpaired) electrons. The number of aliphatic carboxylic acids is 1. The molecule has 2 atom stereocenters. The van der Waals surface area contributed by atoms with Gasteiger partial charge in [-0.3, -0.25) is 4.79 Å². The van der Waals surface area contributed by atoms with Crippen LogP contribution < -0.4 is 0 Å². The highest BCUT2D eigenvalue weighted by Gasteiger charge is 2.15. The number of fused-ring (bicyclic) bond motifs is 1. The van der Waals surface area contributed by atoms with Crippen molar-refractivity contribution in [3.05, 3.63) is 48.0 Å². The summed E-state index contributed by atoms with van der Waals surface area (Å²) in [4.78, 5) is 10.9. The zero-order chi connectivity index (χ0) is 16.7. The molecule has 2 aromatic carbocycles. The molecule has 1 aliphatic rings. The van der Waals surface area contributed by atoms with E-state index in [1.165, 1.54) is 25.7 Å². The van der Waals surface area contributed by atoms with Crippen molar-refractivity contribution in [2.45, 2.75) is 51.6 Å². The predicted molar refractivity (Wildman–Crippen MR) is 93.9 cm³/mol. The van der Waals surface area contributed by atoms with Crippen LogP contribution in [0.4, 0.5) is 0 Å². The molecule has 0 amide bonds. The Morgan fingerprint density at radius 3 is 2.57 bits per heavy atom. The summed E-state index contributed by atoms with van der Waals surface area (Å²) in [6, 6.07) is 13.6. The Morgan fingerprint density at radius 1 is 1.22 bits per heavy atom. The van der Waals surface area contributed by atoms with Crippen LogP contribution in [0, 0.1) is 0 Å². The Bertz CT molecular complexity index is 624. The fraction of sp³-hybridized carbons (Fsp3) is 0.450. The van der Waals surface area contributed by atoms with E-state index in [-0.39, 0.29) is 0 Å². The molecule has 0 aliphatic carbocycles. The van der Waals surface area contributed by atoms with Crippen LogP contribution in [0.3, 0.4) is 0 Å². The number of ether oxygens (including phenoxy) is 1. The molecule has 124 valence electrons. The van der Waals surface area contributed by atoms with Crippen LogP contribution in [0.25, 0.3) is 10.8 Å². The molecule has 3 nitrogen and oxygen atoms in total. The summed E-state index contributed by atoms with van der Waals surface area (Å²) in [5, 5.41) is 11.1. The van der Waals surface area contributed by atoms with Crippen molar-refractivity contribution in [2.75, 3.05) is 6.61 Å². The van der Waals surface area contributed by atoms with Crippen molar-refractivity contribution in [3.63, 3.8) is 0 Å². The molecule has 0 spiro atoms. The Balaban J connectivity index is 0.000000203. The average Bonchev–Trinajstić information content (AvgIpc) is 2.61. The highest BCUT2D eigenvalue weighted by Crippen LogP contribution is 2.25. The third-order valence-corrected chi connectivity index (χ3v) is 4.39. The second-order valence-electron chi connectivity index (χ2n) is 6.03. The first kappa shape index (κ1) is 17.5. The molecular formula is C20H26O3. The molecule has 1 N–H and O–H groups in total. The van der Waals surface area contributed by atoms with Crippen LogP contribution in [-0.2, 0) is 9.53 Å². The zero-order valence-electron chi connectivity index (χ0n) is 14.0. The lowest BCUT2D eigenvalue weighted by atomic mass is 9.95. The lowest BCUT2D eigenvalue weighted by molar-refractivity contribution is -0.138. The quantitative estimate of drug-likeness (QED) is 0.867. The fourth-order valence-electron chi connectivity index (χ4n) is 2.89. The van der Waals surface area contributed by atoms with Crippen LogP contribution in [-0.4, -0.2) is 23.8 Å². The van der Waals surface area contributed by atoms with E-state index in [1.807, 2.05) is 42.5 Å². The van der Waals surface area contributed by atoms with E-state index in [1.54, 1.807) is 6.92 Å².